The van der Waals surface area contributed by atoms with Gasteiger partial charge < -0.3 is 23.4 Å². The molecule has 0 bridgehead atoms. The van der Waals surface area contributed by atoms with E-state index in [1.54, 1.807) is 0 Å². The second-order valence-electron chi connectivity index (χ2n) is 29.2. The molecule has 4 aliphatic rings. The van der Waals surface area contributed by atoms with Crippen molar-refractivity contribution in [2.24, 2.45) is 0 Å². The molecule has 0 amide bonds. The van der Waals surface area contributed by atoms with Gasteiger partial charge in [0, 0.05) is 55.8 Å². The molecule has 109 heavy (non-hydrogen) atoms. The lowest BCUT2D eigenvalue weighted by molar-refractivity contribution is 0.436. The fourth-order valence-corrected chi connectivity index (χ4v) is 18.8. The third-order valence-electron chi connectivity index (χ3n) is 23.5. The highest BCUT2D eigenvalue weighted by atomic mass is 16.5. The van der Waals surface area contributed by atoms with E-state index in [4.69, 9.17) is 13.6 Å². The molecule has 5 nitrogen and oxygen atoms in total. The Bertz CT molecular complexity index is 6850. The second-order valence-corrected chi connectivity index (χ2v) is 29.2. The summed E-state index contributed by atoms with van der Waals surface area (Å²) in [6.45, 7) is -0.352. The van der Waals surface area contributed by atoms with Crippen LogP contribution in [0.1, 0.15) is 22.3 Å². The predicted octanol–water partition coefficient (Wildman–Crippen LogP) is 25.7. The largest absolute Gasteiger partial charge is 0.457 e. The molecule has 3 aliphatic heterocycles. The number of rotatable bonds is 9. The van der Waals surface area contributed by atoms with Crippen molar-refractivity contribution >= 4 is 101 Å². The maximum atomic E-state index is 7.23. The zero-order valence-electron chi connectivity index (χ0n) is 59.1. The number of para-hydroxylation sites is 3. The van der Waals surface area contributed by atoms with Crippen molar-refractivity contribution in [2.45, 2.75) is 5.41 Å². The van der Waals surface area contributed by atoms with Gasteiger partial charge in [0.2, 0.25) is 0 Å². The second kappa shape index (κ2) is 23.9. The first-order chi connectivity index (χ1) is 54.1. The normalized spacial score (nSPS) is 13.2. The molecular weight excluding hydrogens is 1320 g/mol. The third-order valence-corrected chi connectivity index (χ3v) is 23.5. The van der Waals surface area contributed by atoms with Crippen LogP contribution in [0.5, 0.6) is 11.5 Å². The third kappa shape index (κ3) is 9.16. The molecule has 0 unspecified atom stereocenters. The van der Waals surface area contributed by atoms with Crippen LogP contribution in [0.3, 0.4) is 0 Å². The smallest absolute Gasteiger partial charge is 0.252 e. The molecule has 506 valence electrons. The van der Waals surface area contributed by atoms with Crippen LogP contribution in [0.15, 0.2) is 391 Å². The highest BCUT2D eigenvalue weighted by molar-refractivity contribution is 7.00. The van der Waals surface area contributed by atoms with E-state index in [1.807, 2.05) is 0 Å². The number of hydrogen-bond donors (Lipinski definition) is 0. The molecule has 0 fully saturated rings. The van der Waals surface area contributed by atoms with Crippen molar-refractivity contribution in [1.29, 1.82) is 0 Å². The van der Waals surface area contributed by atoms with Gasteiger partial charge in [0.05, 0.1) is 27.6 Å². The van der Waals surface area contributed by atoms with Crippen molar-refractivity contribution in [3.8, 4) is 101 Å². The lowest BCUT2D eigenvalue weighted by atomic mass is 9.33. The van der Waals surface area contributed by atoms with E-state index in [0.717, 1.165) is 184 Å². The van der Waals surface area contributed by atoms with Gasteiger partial charge in [-0.05, 0) is 202 Å². The summed E-state index contributed by atoms with van der Waals surface area (Å²) in [6, 6.07) is 141. The van der Waals surface area contributed by atoms with E-state index in [-0.39, 0.29) is 6.71 Å². The van der Waals surface area contributed by atoms with Gasteiger partial charge in [-0.25, -0.2) is 0 Å². The van der Waals surface area contributed by atoms with Crippen molar-refractivity contribution in [1.82, 2.24) is 0 Å². The number of ether oxygens (including phenoxy) is 1. The summed E-state index contributed by atoms with van der Waals surface area (Å²) >= 11 is 0. The molecule has 5 heterocycles. The Morgan fingerprint density at radius 1 is 0.229 bits per heavy atom. The van der Waals surface area contributed by atoms with Gasteiger partial charge >= 0.3 is 0 Å². The van der Waals surface area contributed by atoms with E-state index in [0.29, 0.717) is 0 Å². The topological polar surface area (TPSA) is 42.0 Å². The maximum Gasteiger partial charge on any atom is 0.252 e. The molecule has 1 aliphatic carbocycles. The number of furan rings is 2. The summed E-state index contributed by atoms with van der Waals surface area (Å²) in [5.41, 5.74) is 34.9. The van der Waals surface area contributed by atoms with Crippen LogP contribution < -0.4 is 30.9 Å². The zero-order valence-corrected chi connectivity index (χ0v) is 59.1. The van der Waals surface area contributed by atoms with Gasteiger partial charge in [-0.15, -0.1) is 0 Å². The molecule has 0 N–H and O–H groups in total. The summed E-state index contributed by atoms with van der Waals surface area (Å²) in [7, 11) is 0. The summed E-state index contributed by atoms with van der Waals surface area (Å²) in [5.74, 6) is 1.68. The van der Waals surface area contributed by atoms with Gasteiger partial charge in [-0.3, -0.25) is 0 Å². The first-order valence-electron chi connectivity index (χ1n) is 37.5. The molecule has 19 aromatic rings. The standard InChI is InChI=1S/C103H63BN2O3/c1-6-26-64(27-7-1)70-46-51-88-86(60-70)104-87-61-71(74-57-72(65-28-8-2-9-29-65)56-73(58-74)66-30-10-3-11-31-66)47-52-89(87)106(102-77(68-34-14-5-15-35-68)50-55-97-99(102)81-39-19-24-44-93(81)108-97)91-63-75(62-90(100(91)104)105(88)101-76(67-32-12-4-13-33-67)49-54-96-98(101)80-38-18-23-43-92(80)107-96)69-48-53-95-85(59-69)103(84-42-22-25-45-94(84)109-95)82-40-20-16-36-78(82)79-37-17-21-41-83(79)103/h1-63H. The lowest BCUT2D eigenvalue weighted by Gasteiger charge is -2.45. The lowest BCUT2D eigenvalue weighted by Crippen LogP contribution is -2.61. The van der Waals surface area contributed by atoms with Crippen molar-refractivity contribution in [3.05, 3.63) is 404 Å². The minimum absolute atomic E-state index is 0.352. The van der Waals surface area contributed by atoms with Crippen LogP contribution in [0.25, 0.3) is 133 Å². The van der Waals surface area contributed by atoms with Crippen LogP contribution >= 0.6 is 0 Å². The summed E-state index contributed by atoms with van der Waals surface area (Å²) in [4.78, 5) is 5.27. The van der Waals surface area contributed by atoms with Crippen molar-refractivity contribution in [3.63, 3.8) is 0 Å². The van der Waals surface area contributed by atoms with E-state index in [9.17, 15) is 0 Å². The van der Waals surface area contributed by atoms with Gasteiger partial charge in [0.15, 0.2) is 0 Å². The number of benzene rings is 17. The molecule has 0 saturated carbocycles. The Hall–Kier alpha value is -14.2. The van der Waals surface area contributed by atoms with Crippen LogP contribution in [0, 0.1) is 0 Å². The van der Waals surface area contributed by atoms with Crippen LogP contribution in [0.4, 0.5) is 34.1 Å². The minimum Gasteiger partial charge on any atom is -0.457 e. The Labute approximate surface area is 630 Å². The van der Waals surface area contributed by atoms with E-state index in [2.05, 4.69) is 392 Å². The minimum atomic E-state index is -0.724. The maximum absolute atomic E-state index is 7.23. The van der Waals surface area contributed by atoms with Gasteiger partial charge in [-0.1, -0.05) is 285 Å². The van der Waals surface area contributed by atoms with Crippen molar-refractivity contribution in [2.75, 3.05) is 9.80 Å². The van der Waals surface area contributed by atoms with Crippen LogP contribution in [0.2, 0.25) is 0 Å². The summed E-state index contributed by atoms with van der Waals surface area (Å²) in [6.07, 6.45) is 0. The van der Waals surface area contributed by atoms with Crippen molar-refractivity contribution < 1.29 is 13.6 Å². The van der Waals surface area contributed by atoms with E-state index < -0.39 is 5.41 Å². The SMILES string of the molecule is c1ccc(-c2cc(-c3ccccc3)cc(-c3ccc4c(c3)B3c5cc(-c6ccccc6)ccc5N(c5c(-c6ccccc6)ccc6oc7ccccc7c56)c5cc(-c6ccc7c(c6)C6(c8ccccc8O7)c7ccccc7-c7ccccc76)cc(c53)N4c3c(-c4ccccc4)ccc4oc5ccccc5c34)c2)cc1. The number of hydrogen-bond acceptors (Lipinski definition) is 5. The highest BCUT2D eigenvalue weighted by Crippen LogP contribution is 2.63. The van der Waals surface area contributed by atoms with Crippen LogP contribution in [-0.4, -0.2) is 6.71 Å². The molecule has 2 aromatic heterocycles. The predicted molar refractivity (Wildman–Crippen MR) is 450 cm³/mol. The summed E-state index contributed by atoms with van der Waals surface area (Å²) in [5, 5.41) is 4.12. The van der Waals surface area contributed by atoms with Crippen LogP contribution in [-0.2, 0) is 5.41 Å². The molecule has 0 atom stereocenters. The number of fused-ring (bicyclic) bond motifs is 19. The zero-order chi connectivity index (χ0) is 71.4. The molecule has 0 saturated heterocycles. The van der Waals surface area contributed by atoms with Gasteiger partial charge in [0.1, 0.15) is 33.8 Å². The first-order valence-corrected chi connectivity index (χ1v) is 37.5. The molecule has 23 rings (SSSR count). The molecule has 6 heteroatoms. The molecule has 0 radical (unpaired) electrons. The Morgan fingerprint density at radius 2 is 0.606 bits per heavy atom. The van der Waals surface area contributed by atoms with E-state index >= 15 is 0 Å². The fraction of sp³-hybridized carbons (Fsp3) is 0.00971. The number of anilines is 6. The average molecular weight is 1390 g/mol. The first kappa shape index (κ1) is 61.1. The Kier molecular flexibility index (Phi) is 13.4. The molecule has 17 aromatic carbocycles. The van der Waals surface area contributed by atoms with Gasteiger partial charge in [0.25, 0.3) is 6.71 Å². The van der Waals surface area contributed by atoms with E-state index in [1.165, 1.54) is 33.2 Å². The molecular formula is C103H63BN2O3. The quantitative estimate of drug-likeness (QED) is 0.135. The Balaban J connectivity index is 0.888. The highest BCUT2D eigenvalue weighted by Gasteiger charge is 2.52. The van der Waals surface area contributed by atoms with Gasteiger partial charge in [-0.2, -0.15) is 0 Å². The monoisotopic (exact) mass is 1390 g/mol. The average Bonchev–Trinajstić information content (AvgIpc) is 1.66. The summed E-state index contributed by atoms with van der Waals surface area (Å²) < 4.78 is 21.4. The number of nitrogens with zero attached hydrogens (tertiary/aromatic N) is 2. The molecule has 1 spiro atoms. The fourth-order valence-electron chi connectivity index (χ4n) is 18.8. The Morgan fingerprint density at radius 3 is 1.11 bits per heavy atom.